The second-order valence-corrected chi connectivity index (χ2v) is 4.16. The first-order chi connectivity index (χ1) is 10.0. The van der Waals surface area contributed by atoms with Crippen molar-refractivity contribution >= 4 is 5.97 Å². The van der Waals surface area contributed by atoms with Crippen LogP contribution in [-0.4, -0.2) is 11.1 Å². The number of hydrogen-bond donors (Lipinski definition) is 1. The van der Waals surface area contributed by atoms with Crippen molar-refractivity contribution in [3.63, 3.8) is 0 Å². The van der Waals surface area contributed by atoms with E-state index in [9.17, 15) is 13.6 Å². The molecule has 0 atom stereocenters. The van der Waals surface area contributed by atoms with Gasteiger partial charge in [-0.15, -0.1) is 0 Å². The summed E-state index contributed by atoms with van der Waals surface area (Å²) < 4.78 is 32.6. The lowest BCUT2D eigenvalue weighted by molar-refractivity contribution is -0.136. The molecule has 4 nitrogen and oxygen atoms in total. The number of ether oxygens (including phenoxy) is 1. The van der Waals surface area contributed by atoms with Gasteiger partial charge >= 0.3 is 5.97 Å². The van der Waals surface area contributed by atoms with E-state index in [4.69, 9.17) is 15.1 Å². The van der Waals surface area contributed by atoms with Gasteiger partial charge in [0.05, 0.1) is 18.1 Å². The Morgan fingerprint density at radius 3 is 2.43 bits per heavy atom. The Morgan fingerprint density at radius 1 is 1.24 bits per heavy atom. The van der Waals surface area contributed by atoms with Crippen LogP contribution < -0.4 is 4.74 Å². The van der Waals surface area contributed by atoms with Crippen LogP contribution in [0.2, 0.25) is 0 Å². The summed E-state index contributed by atoms with van der Waals surface area (Å²) in [5.74, 6) is -3.78. The predicted octanol–water partition coefficient (Wildman–Crippen LogP) is 3.26. The molecular formula is C15H9F2NO3. The fourth-order valence-corrected chi connectivity index (χ4v) is 1.74. The van der Waals surface area contributed by atoms with E-state index < -0.39 is 23.4 Å². The molecule has 0 radical (unpaired) electrons. The Bertz CT molecular complexity index is 715. The van der Waals surface area contributed by atoms with Crippen LogP contribution >= 0.6 is 0 Å². The largest absolute Gasteiger partial charge is 0.481 e. The van der Waals surface area contributed by atoms with Gasteiger partial charge in [0.15, 0.2) is 17.4 Å². The SMILES string of the molecule is N#Cc1cc(F)c(Oc2ccccc2CC(=O)O)c(F)c1. The van der Waals surface area contributed by atoms with E-state index in [0.29, 0.717) is 0 Å². The van der Waals surface area contributed by atoms with Crippen molar-refractivity contribution in [2.24, 2.45) is 0 Å². The van der Waals surface area contributed by atoms with Crippen molar-refractivity contribution in [3.05, 3.63) is 59.2 Å². The van der Waals surface area contributed by atoms with Crippen molar-refractivity contribution in [1.82, 2.24) is 0 Å². The molecule has 0 unspecified atom stereocenters. The van der Waals surface area contributed by atoms with Gasteiger partial charge in [-0.25, -0.2) is 8.78 Å². The number of rotatable bonds is 4. The quantitative estimate of drug-likeness (QED) is 0.937. The van der Waals surface area contributed by atoms with Crippen LogP contribution in [0, 0.1) is 23.0 Å². The Kier molecular flexibility index (Phi) is 4.14. The first-order valence-corrected chi connectivity index (χ1v) is 5.88. The van der Waals surface area contributed by atoms with E-state index in [1.165, 1.54) is 12.1 Å². The minimum Gasteiger partial charge on any atom is -0.481 e. The molecule has 0 aliphatic carbocycles. The average molecular weight is 289 g/mol. The van der Waals surface area contributed by atoms with Gasteiger partial charge in [-0.05, 0) is 18.2 Å². The fraction of sp³-hybridized carbons (Fsp3) is 0.0667. The average Bonchev–Trinajstić information content (AvgIpc) is 2.43. The van der Waals surface area contributed by atoms with Crippen LogP contribution in [0.15, 0.2) is 36.4 Å². The molecule has 21 heavy (non-hydrogen) atoms. The van der Waals surface area contributed by atoms with E-state index in [1.54, 1.807) is 18.2 Å². The standard InChI is InChI=1S/C15H9F2NO3/c16-11-5-9(8-18)6-12(17)15(11)21-13-4-2-1-3-10(13)7-14(19)20/h1-6H,7H2,(H,19,20). The molecule has 2 rings (SSSR count). The van der Waals surface area contributed by atoms with E-state index in [-0.39, 0.29) is 23.3 Å². The summed E-state index contributed by atoms with van der Waals surface area (Å²) in [6.45, 7) is 0. The molecule has 0 amide bonds. The van der Waals surface area contributed by atoms with Crippen LogP contribution in [-0.2, 0) is 11.2 Å². The molecule has 0 saturated heterocycles. The third-order valence-corrected chi connectivity index (χ3v) is 2.65. The summed E-state index contributed by atoms with van der Waals surface area (Å²) in [5, 5.41) is 17.4. The van der Waals surface area contributed by atoms with Gasteiger partial charge in [-0.1, -0.05) is 18.2 Å². The minimum absolute atomic E-state index is 0.0439. The minimum atomic E-state index is -1.09. The third kappa shape index (κ3) is 3.34. The van der Waals surface area contributed by atoms with E-state index in [2.05, 4.69) is 0 Å². The molecule has 0 heterocycles. The first-order valence-electron chi connectivity index (χ1n) is 5.88. The lowest BCUT2D eigenvalue weighted by Crippen LogP contribution is -2.03. The van der Waals surface area contributed by atoms with Crippen LogP contribution in [0.3, 0.4) is 0 Å². The van der Waals surface area contributed by atoms with Crippen molar-refractivity contribution in [1.29, 1.82) is 5.26 Å². The highest BCUT2D eigenvalue weighted by Gasteiger charge is 2.16. The highest BCUT2D eigenvalue weighted by Crippen LogP contribution is 2.30. The Hall–Kier alpha value is -2.94. The number of hydrogen-bond acceptors (Lipinski definition) is 3. The molecule has 0 aliphatic rings. The summed E-state index contributed by atoms with van der Waals surface area (Å²) in [7, 11) is 0. The van der Waals surface area contributed by atoms with Gasteiger partial charge in [-0.2, -0.15) is 5.26 Å². The maximum Gasteiger partial charge on any atom is 0.307 e. The molecule has 2 aromatic carbocycles. The van der Waals surface area contributed by atoms with E-state index in [1.807, 2.05) is 0 Å². The molecule has 0 saturated carbocycles. The maximum atomic E-state index is 13.7. The first kappa shape index (κ1) is 14.5. The summed E-state index contributed by atoms with van der Waals surface area (Å²) in [4.78, 5) is 10.8. The topological polar surface area (TPSA) is 70.3 Å². The molecule has 0 bridgehead atoms. The molecule has 0 fully saturated rings. The van der Waals surface area contributed by atoms with Gasteiger partial charge in [0.25, 0.3) is 0 Å². The van der Waals surface area contributed by atoms with Crippen molar-refractivity contribution in [2.45, 2.75) is 6.42 Å². The molecule has 1 N–H and O–H groups in total. The van der Waals surface area contributed by atoms with Crippen molar-refractivity contribution in [3.8, 4) is 17.6 Å². The van der Waals surface area contributed by atoms with Crippen molar-refractivity contribution < 1.29 is 23.4 Å². The summed E-state index contributed by atoms with van der Waals surface area (Å²) in [6.07, 6.45) is -0.338. The second kappa shape index (κ2) is 6.01. The lowest BCUT2D eigenvalue weighted by atomic mass is 10.1. The van der Waals surface area contributed by atoms with Crippen LogP contribution in [0.4, 0.5) is 8.78 Å². The zero-order chi connectivity index (χ0) is 15.4. The number of carbonyl (C=O) groups is 1. The zero-order valence-corrected chi connectivity index (χ0v) is 10.6. The molecule has 0 aliphatic heterocycles. The maximum absolute atomic E-state index is 13.7. The number of aliphatic carboxylic acids is 1. The number of nitriles is 1. The van der Waals surface area contributed by atoms with Crippen molar-refractivity contribution in [2.75, 3.05) is 0 Å². The number of benzene rings is 2. The van der Waals surface area contributed by atoms with E-state index >= 15 is 0 Å². The third-order valence-electron chi connectivity index (χ3n) is 2.65. The van der Waals surface area contributed by atoms with Gasteiger partial charge in [0.2, 0.25) is 0 Å². The van der Waals surface area contributed by atoms with Crippen LogP contribution in [0.1, 0.15) is 11.1 Å². The Morgan fingerprint density at radius 2 is 1.86 bits per heavy atom. The van der Waals surface area contributed by atoms with Crippen LogP contribution in [0.5, 0.6) is 11.5 Å². The molecule has 0 aromatic heterocycles. The molecule has 2 aromatic rings. The summed E-state index contributed by atoms with van der Waals surface area (Å²) in [5.41, 5.74) is 0.115. The highest BCUT2D eigenvalue weighted by atomic mass is 19.1. The predicted molar refractivity (Wildman–Crippen MR) is 68.9 cm³/mol. The number of carboxylic acid groups (broad SMARTS) is 1. The highest BCUT2D eigenvalue weighted by molar-refractivity contribution is 5.71. The molecular weight excluding hydrogens is 280 g/mol. The summed E-state index contributed by atoms with van der Waals surface area (Å²) >= 11 is 0. The number of para-hydroxylation sites is 1. The van der Waals surface area contributed by atoms with Crippen LogP contribution in [0.25, 0.3) is 0 Å². The number of halogens is 2. The zero-order valence-electron chi connectivity index (χ0n) is 10.6. The lowest BCUT2D eigenvalue weighted by Gasteiger charge is -2.11. The monoisotopic (exact) mass is 289 g/mol. The van der Waals surface area contributed by atoms with E-state index in [0.717, 1.165) is 12.1 Å². The van der Waals surface area contributed by atoms with Gasteiger partial charge in [0, 0.05) is 5.56 Å². The number of nitrogens with zero attached hydrogens (tertiary/aromatic N) is 1. The normalized spacial score (nSPS) is 9.95. The molecule has 106 valence electrons. The number of carboxylic acids is 1. The molecule has 6 heteroatoms. The van der Waals surface area contributed by atoms with Gasteiger partial charge in [-0.3, -0.25) is 4.79 Å². The Labute approximate surface area is 118 Å². The van der Waals surface area contributed by atoms with Gasteiger partial charge < -0.3 is 9.84 Å². The molecule has 0 spiro atoms. The smallest absolute Gasteiger partial charge is 0.307 e. The van der Waals surface area contributed by atoms with Gasteiger partial charge in [0.1, 0.15) is 5.75 Å². The summed E-state index contributed by atoms with van der Waals surface area (Å²) in [6, 6.07) is 9.37. The Balaban J connectivity index is 2.40. The second-order valence-electron chi connectivity index (χ2n) is 4.16. The fourth-order valence-electron chi connectivity index (χ4n) is 1.74.